The number of rotatable bonds is 11. The molecule has 0 N–H and O–H groups in total. The Balaban J connectivity index is 0.00000450. The molecule has 0 unspecified atom stereocenters. The summed E-state index contributed by atoms with van der Waals surface area (Å²) in [5, 5.41) is 0. The van der Waals surface area contributed by atoms with Crippen LogP contribution in [0.4, 0.5) is 11.4 Å². The van der Waals surface area contributed by atoms with Crippen LogP contribution in [0.1, 0.15) is 82.6 Å². The predicted octanol–water partition coefficient (Wildman–Crippen LogP) is 7.99. The zero-order chi connectivity index (χ0) is 21.1. The summed E-state index contributed by atoms with van der Waals surface area (Å²) in [7, 11) is 0. The second-order valence-corrected chi connectivity index (χ2v) is 7.75. The van der Waals surface area contributed by atoms with E-state index >= 15 is 0 Å². The summed E-state index contributed by atoms with van der Waals surface area (Å²) in [6.45, 7) is 11.1. The van der Waals surface area contributed by atoms with Crippen LogP contribution in [0, 0.1) is 0 Å². The molecule has 2 nitrogen and oxygen atoms in total. The van der Waals surface area contributed by atoms with Crippen molar-refractivity contribution in [3.8, 4) is 0 Å². The largest absolute Gasteiger partial charge is 0.255 e. The third-order valence-electron chi connectivity index (χ3n) is 5.38. The van der Waals surface area contributed by atoms with Crippen molar-refractivity contribution >= 4 is 23.3 Å². The van der Waals surface area contributed by atoms with E-state index < -0.39 is 0 Å². The maximum atomic E-state index is 5.02. The SMILES string of the molecule is CCCCCC(/C=N/c1cc(CC)cc(CC)c1)=N\c1cc(CC)cc(CC)c1.[Ni]. The summed E-state index contributed by atoms with van der Waals surface area (Å²) in [5.74, 6) is 0. The Morgan fingerprint density at radius 1 is 0.667 bits per heavy atom. The number of aryl methyl sites for hydroxylation is 4. The van der Waals surface area contributed by atoms with Crippen LogP contribution in [0.5, 0.6) is 0 Å². The molecule has 0 bridgehead atoms. The zero-order valence-corrected chi connectivity index (χ0v) is 20.4. The van der Waals surface area contributed by atoms with Gasteiger partial charge in [0.05, 0.1) is 17.1 Å². The van der Waals surface area contributed by atoms with Crippen LogP contribution in [0.15, 0.2) is 46.4 Å². The molecule has 0 aliphatic carbocycles. The van der Waals surface area contributed by atoms with Crippen molar-refractivity contribution in [2.45, 2.75) is 86.0 Å². The Kier molecular flexibility index (Phi) is 12.5. The van der Waals surface area contributed by atoms with E-state index in [1.165, 1.54) is 35.1 Å². The number of hydrogen-bond donors (Lipinski definition) is 0. The van der Waals surface area contributed by atoms with Gasteiger partial charge in [0.1, 0.15) is 0 Å². The van der Waals surface area contributed by atoms with Gasteiger partial charge in [0.25, 0.3) is 0 Å². The topological polar surface area (TPSA) is 24.7 Å². The number of unbranched alkanes of at least 4 members (excludes halogenated alkanes) is 2. The predicted molar refractivity (Wildman–Crippen MR) is 130 cm³/mol. The molecule has 2 aromatic carbocycles. The van der Waals surface area contributed by atoms with Crippen LogP contribution >= 0.6 is 0 Å². The number of nitrogens with zero attached hydrogens (tertiary/aromatic N) is 2. The van der Waals surface area contributed by atoms with Gasteiger partial charge in [-0.05, 0) is 85.0 Å². The van der Waals surface area contributed by atoms with Gasteiger partial charge in [-0.3, -0.25) is 9.98 Å². The van der Waals surface area contributed by atoms with Gasteiger partial charge in [0.2, 0.25) is 0 Å². The van der Waals surface area contributed by atoms with Crippen LogP contribution in [0.3, 0.4) is 0 Å². The maximum Gasteiger partial charge on any atom is 0.0639 e. The third kappa shape index (κ3) is 8.56. The van der Waals surface area contributed by atoms with Crippen molar-refractivity contribution in [1.29, 1.82) is 0 Å². The summed E-state index contributed by atoms with van der Waals surface area (Å²) in [4.78, 5) is 9.84. The van der Waals surface area contributed by atoms with Crippen molar-refractivity contribution in [1.82, 2.24) is 0 Å². The molecule has 0 fully saturated rings. The molecule has 30 heavy (non-hydrogen) atoms. The van der Waals surface area contributed by atoms with E-state index in [-0.39, 0.29) is 16.5 Å². The molecule has 2 aromatic rings. The van der Waals surface area contributed by atoms with Gasteiger partial charge in [-0.1, -0.05) is 59.6 Å². The first-order chi connectivity index (χ1) is 14.1. The van der Waals surface area contributed by atoms with Gasteiger partial charge < -0.3 is 0 Å². The molecule has 3 heteroatoms. The molecular weight excluding hydrogens is 411 g/mol. The van der Waals surface area contributed by atoms with E-state index in [0.29, 0.717) is 0 Å². The maximum absolute atomic E-state index is 5.02. The molecule has 0 aliphatic heterocycles. The minimum atomic E-state index is 0. The first-order valence-electron chi connectivity index (χ1n) is 11.5. The van der Waals surface area contributed by atoms with Crippen LogP contribution in [0.25, 0.3) is 0 Å². The third-order valence-corrected chi connectivity index (χ3v) is 5.38. The van der Waals surface area contributed by atoms with Gasteiger partial charge in [-0.2, -0.15) is 0 Å². The minimum absolute atomic E-state index is 0. The summed E-state index contributed by atoms with van der Waals surface area (Å²) < 4.78 is 0. The monoisotopic (exact) mass is 448 g/mol. The average Bonchev–Trinajstić information content (AvgIpc) is 2.76. The molecule has 0 saturated carbocycles. The molecule has 0 spiro atoms. The summed E-state index contributed by atoms with van der Waals surface area (Å²) in [5.41, 5.74) is 8.60. The number of benzene rings is 2. The molecule has 0 amide bonds. The summed E-state index contributed by atoms with van der Waals surface area (Å²) in [6.07, 6.45) is 10.7. The first kappa shape index (κ1) is 26.3. The molecular formula is C27H38N2Ni. The van der Waals surface area contributed by atoms with E-state index in [4.69, 9.17) is 9.98 Å². The second kappa shape index (κ2) is 14.3. The Hall–Kier alpha value is -1.73. The Morgan fingerprint density at radius 2 is 1.13 bits per heavy atom. The van der Waals surface area contributed by atoms with E-state index in [2.05, 4.69) is 71.0 Å². The first-order valence-corrected chi connectivity index (χ1v) is 11.5. The molecule has 166 valence electrons. The fraction of sp³-hybridized carbons (Fsp3) is 0.481. The van der Waals surface area contributed by atoms with Gasteiger partial charge >= 0.3 is 0 Å². The smallest absolute Gasteiger partial charge is 0.0639 e. The van der Waals surface area contributed by atoms with Gasteiger partial charge in [-0.15, -0.1) is 0 Å². The van der Waals surface area contributed by atoms with Crippen LogP contribution < -0.4 is 0 Å². The summed E-state index contributed by atoms with van der Waals surface area (Å²) in [6, 6.07) is 13.4. The normalized spacial score (nSPS) is 11.7. The van der Waals surface area contributed by atoms with Crippen LogP contribution in [-0.2, 0) is 42.2 Å². The van der Waals surface area contributed by atoms with Crippen molar-refractivity contribution in [3.63, 3.8) is 0 Å². The average molecular weight is 449 g/mol. The van der Waals surface area contributed by atoms with Crippen molar-refractivity contribution in [2.24, 2.45) is 9.98 Å². The molecule has 0 aliphatic rings. The molecule has 0 radical (unpaired) electrons. The molecule has 0 aromatic heterocycles. The second-order valence-electron chi connectivity index (χ2n) is 7.75. The summed E-state index contributed by atoms with van der Waals surface area (Å²) >= 11 is 0. The quantitative estimate of drug-likeness (QED) is 0.189. The van der Waals surface area contributed by atoms with Crippen LogP contribution in [0.2, 0.25) is 0 Å². The van der Waals surface area contributed by atoms with Crippen molar-refractivity contribution in [3.05, 3.63) is 58.7 Å². The molecule has 2 rings (SSSR count). The van der Waals surface area contributed by atoms with E-state index in [9.17, 15) is 0 Å². The zero-order valence-electron chi connectivity index (χ0n) is 19.4. The van der Waals surface area contributed by atoms with Crippen LogP contribution in [-0.4, -0.2) is 11.9 Å². The Labute approximate surface area is 194 Å². The number of hydrogen-bond acceptors (Lipinski definition) is 2. The van der Waals surface area contributed by atoms with Crippen molar-refractivity contribution < 1.29 is 16.5 Å². The number of aliphatic imine (C=N–C) groups is 2. The fourth-order valence-corrected chi connectivity index (χ4v) is 3.46. The Morgan fingerprint density at radius 3 is 1.57 bits per heavy atom. The van der Waals surface area contributed by atoms with E-state index in [0.717, 1.165) is 55.6 Å². The van der Waals surface area contributed by atoms with Crippen molar-refractivity contribution in [2.75, 3.05) is 0 Å². The van der Waals surface area contributed by atoms with Gasteiger partial charge in [0, 0.05) is 22.7 Å². The minimum Gasteiger partial charge on any atom is -0.255 e. The fourth-order valence-electron chi connectivity index (χ4n) is 3.46. The van der Waals surface area contributed by atoms with E-state index in [1.807, 2.05) is 6.21 Å². The Bertz CT molecular complexity index is 792. The standard InChI is InChI=1S/C27H38N2.Ni/c1-6-11-12-13-25(29-27-18-23(9-4)15-24(10-5)19-27)20-28-26-16-21(7-2)14-22(8-3)17-26;/h14-20H,6-13H2,1-5H3;/b28-20+,29-25+;. The van der Waals surface area contributed by atoms with E-state index in [1.54, 1.807) is 0 Å². The molecule has 0 saturated heterocycles. The molecule has 0 atom stereocenters. The van der Waals surface area contributed by atoms with Gasteiger partial charge in [-0.25, -0.2) is 0 Å². The molecule has 0 heterocycles. The van der Waals surface area contributed by atoms with Gasteiger partial charge in [0.15, 0.2) is 0 Å².